The fraction of sp³-hybridized carbons (Fsp3) is 0.343. The largest absolute Gasteiger partial charge is 0.367 e. The third kappa shape index (κ3) is 8.39. The van der Waals surface area contributed by atoms with Crippen LogP contribution >= 0.6 is 7.60 Å². The lowest BCUT2D eigenvalue weighted by Gasteiger charge is -2.33. The number of hydrogen-bond acceptors (Lipinski definition) is 4. The van der Waals surface area contributed by atoms with Crippen LogP contribution in [-0.4, -0.2) is 30.8 Å². The fourth-order valence-electron chi connectivity index (χ4n) is 5.33. The van der Waals surface area contributed by atoms with E-state index in [1.54, 1.807) is 0 Å². The molecule has 1 fully saturated rings. The van der Waals surface area contributed by atoms with Crippen molar-refractivity contribution >= 4 is 24.6 Å². The van der Waals surface area contributed by atoms with Gasteiger partial charge in [0.1, 0.15) is 6.54 Å². The highest BCUT2D eigenvalue weighted by atomic mass is 31.2. The van der Waals surface area contributed by atoms with Crippen molar-refractivity contribution in [3.05, 3.63) is 120 Å². The van der Waals surface area contributed by atoms with Gasteiger partial charge in [0.15, 0.2) is 6.20 Å². The number of aryl methyl sites for hydroxylation is 1. The highest BCUT2D eigenvalue weighted by Crippen LogP contribution is 2.48. The average Bonchev–Trinajstić information content (AvgIpc) is 2.98. The highest BCUT2D eigenvalue weighted by molar-refractivity contribution is 7.53. The zero-order chi connectivity index (χ0) is 29.1. The maximum atomic E-state index is 12.9. The van der Waals surface area contributed by atoms with Gasteiger partial charge in [-0.25, -0.2) is 0 Å². The summed E-state index contributed by atoms with van der Waals surface area (Å²) in [5, 5.41) is 1.18. The average molecular weight is 572 g/mol. The fourth-order valence-corrected chi connectivity index (χ4v) is 6.98. The van der Waals surface area contributed by atoms with Gasteiger partial charge in [0, 0.05) is 37.3 Å². The molecule has 0 spiro atoms. The second-order valence-corrected chi connectivity index (χ2v) is 12.4. The molecule has 4 rings (SSSR count). The molecule has 0 unspecified atom stereocenters. The predicted molar refractivity (Wildman–Crippen MR) is 171 cm³/mol. The molecule has 0 atom stereocenters. The number of likely N-dealkylation sites (tertiary alicyclic amines) is 1. The number of rotatable bonds is 13. The van der Waals surface area contributed by atoms with Crippen molar-refractivity contribution in [1.29, 1.82) is 0 Å². The van der Waals surface area contributed by atoms with Gasteiger partial charge >= 0.3 is 7.60 Å². The quantitative estimate of drug-likeness (QED) is 0.117. The first-order valence-corrected chi connectivity index (χ1v) is 16.5. The molecule has 5 nitrogen and oxygen atoms in total. The normalized spacial score (nSPS) is 15.9. The molecule has 0 N–H and O–H groups in total. The summed E-state index contributed by atoms with van der Waals surface area (Å²) in [7, 11) is -3.04. The van der Waals surface area contributed by atoms with Crippen LogP contribution in [0.5, 0.6) is 0 Å². The van der Waals surface area contributed by atoms with E-state index in [1.165, 1.54) is 22.1 Å². The van der Waals surface area contributed by atoms with Gasteiger partial charge < -0.3 is 13.9 Å². The number of benzene rings is 2. The van der Waals surface area contributed by atoms with Crippen LogP contribution in [0, 0.1) is 0 Å². The molecule has 1 aromatic heterocycles. The number of allylic oxidation sites excluding steroid dienone is 5. The van der Waals surface area contributed by atoms with Gasteiger partial charge in [-0.1, -0.05) is 73.3 Å². The van der Waals surface area contributed by atoms with E-state index in [9.17, 15) is 4.57 Å². The van der Waals surface area contributed by atoms with Crippen molar-refractivity contribution in [2.45, 2.75) is 53.1 Å². The molecule has 41 heavy (non-hydrogen) atoms. The zero-order valence-electron chi connectivity index (χ0n) is 24.8. The first-order valence-electron chi connectivity index (χ1n) is 14.8. The van der Waals surface area contributed by atoms with Crippen LogP contribution in [0.15, 0.2) is 109 Å². The molecule has 0 aliphatic carbocycles. The summed E-state index contributed by atoms with van der Waals surface area (Å²) in [4.78, 5) is 2.40. The van der Waals surface area contributed by atoms with E-state index in [0.29, 0.717) is 25.8 Å². The van der Waals surface area contributed by atoms with Crippen LogP contribution in [0.2, 0.25) is 0 Å². The molecular formula is C35H44N2O3P+. The van der Waals surface area contributed by atoms with Gasteiger partial charge in [0.05, 0.1) is 24.8 Å². The number of fused-ring (bicyclic) bond motifs is 1. The summed E-state index contributed by atoms with van der Waals surface area (Å²) in [6, 6.07) is 21.2. The molecule has 2 heterocycles. The Morgan fingerprint density at radius 3 is 2.51 bits per heavy atom. The number of piperidine rings is 1. The molecule has 1 saturated heterocycles. The first-order chi connectivity index (χ1) is 20.0. The monoisotopic (exact) mass is 571 g/mol. The molecule has 2 aromatic carbocycles. The molecule has 6 heteroatoms. The van der Waals surface area contributed by atoms with E-state index in [4.69, 9.17) is 9.05 Å². The number of nitrogens with zero attached hydrogens (tertiary/aromatic N) is 2. The van der Waals surface area contributed by atoms with Crippen LogP contribution in [0.1, 0.15) is 51.2 Å². The van der Waals surface area contributed by atoms with Gasteiger partial charge in [-0.05, 0) is 62.0 Å². The van der Waals surface area contributed by atoms with Crippen LogP contribution in [0.3, 0.4) is 0 Å². The minimum absolute atomic E-state index is 0.388. The molecule has 216 valence electrons. The summed E-state index contributed by atoms with van der Waals surface area (Å²) >= 11 is 0. The summed E-state index contributed by atoms with van der Waals surface area (Å²) in [6.07, 6.45) is 14.3. The second kappa shape index (κ2) is 15.1. The minimum Gasteiger partial charge on any atom is -0.367 e. The molecule has 0 saturated carbocycles. The lowest BCUT2D eigenvalue weighted by Crippen LogP contribution is -2.34. The maximum Gasteiger partial charge on any atom is 0.330 e. The maximum absolute atomic E-state index is 12.9. The molecule has 0 radical (unpaired) electrons. The number of pyridine rings is 1. The van der Waals surface area contributed by atoms with E-state index in [-0.39, 0.29) is 0 Å². The Hall–Kier alpha value is -3.24. The van der Waals surface area contributed by atoms with Crippen molar-refractivity contribution < 1.29 is 18.2 Å². The Balaban J connectivity index is 1.48. The van der Waals surface area contributed by atoms with Crippen molar-refractivity contribution in [3.63, 3.8) is 0 Å². The lowest BCUT2D eigenvalue weighted by atomic mass is 9.97. The standard InChI is InChI=1S/C35H44N2O3P/c1-5-30(27-33-17-13-23-37(29(33)4)28-31-15-9-8-10-16-31)20-21-32-22-25-36(35-19-12-11-18-34(32)35)24-14-26-41(38,39-6-2)40-7-3/h5,8-12,15-16,18-22,25,27H,4,6-7,13-14,17,23-24,26,28H2,1-3H3/q+1. The molecule has 0 amide bonds. The van der Waals surface area contributed by atoms with Crippen LogP contribution < -0.4 is 4.57 Å². The van der Waals surface area contributed by atoms with Crippen molar-refractivity contribution in [1.82, 2.24) is 4.90 Å². The zero-order valence-corrected chi connectivity index (χ0v) is 25.7. The van der Waals surface area contributed by atoms with E-state index < -0.39 is 7.60 Å². The summed E-state index contributed by atoms with van der Waals surface area (Å²) in [5.41, 5.74) is 7.22. The molecule has 1 aliphatic heterocycles. The van der Waals surface area contributed by atoms with Crippen LogP contribution in [0.4, 0.5) is 0 Å². The molecule has 3 aromatic rings. The number of para-hydroxylation sites is 1. The van der Waals surface area contributed by atoms with Gasteiger partial charge in [-0.3, -0.25) is 4.57 Å². The van der Waals surface area contributed by atoms with Crippen molar-refractivity contribution in [2.24, 2.45) is 0 Å². The van der Waals surface area contributed by atoms with Crippen molar-refractivity contribution in [3.8, 4) is 0 Å². The Morgan fingerprint density at radius 1 is 1.05 bits per heavy atom. The summed E-state index contributed by atoms with van der Waals surface area (Å²) in [6.45, 7) is 13.7. The number of aromatic nitrogens is 1. The summed E-state index contributed by atoms with van der Waals surface area (Å²) < 4.78 is 26.0. The molecule has 0 bridgehead atoms. The topological polar surface area (TPSA) is 42.6 Å². The van der Waals surface area contributed by atoms with E-state index >= 15 is 0 Å². The predicted octanol–water partition coefficient (Wildman–Crippen LogP) is 8.48. The minimum atomic E-state index is -3.04. The van der Waals surface area contributed by atoms with Crippen molar-refractivity contribution in [2.75, 3.05) is 25.9 Å². The smallest absolute Gasteiger partial charge is 0.330 e. The molecular weight excluding hydrogens is 527 g/mol. The lowest BCUT2D eigenvalue weighted by molar-refractivity contribution is -0.671. The highest BCUT2D eigenvalue weighted by Gasteiger charge is 2.24. The van der Waals surface area contributed by atoms with Crippen LogP contribution in [0.25, 0.3) is 17.0 Å². The van der Waals surface area contributed by atoms with Gasteiger partial charge in [-0.2, -0.15) is 4.57 Å². The third-order valence-corrected chi connectivity index (χ3v) is 9.58. The summed E-state index contributed by atoms with van der Waals surface area (Å²) in [5.74, 6) is 0. The van der Waals surface area contributed by atoms with Crippen LogP contribution in [-0.2, 0) is 26.7 Å². The van der Waals surface area contributed by atoms with E-state index in [0.717, 1.165) is 49.3 Å². The molecule has 1 aliphatic rings. The van der Waals surface area contributed by atoms with E-state index in [2.05, 4.69) is 114 Å². The third-order valence-electron chi connectivity index (χ3n) is 7.41. The Morgan fingerprint density at radius 2 is 1.78 bits per heavy atom. The Kier molecular flexibility index (Phi) is 11.3. The number of hydrogen-bond donors (Lipinski definition) is 0. The Labute approximate surface area is 246 Å². The second-order valence-electron chi connectivity index (χ2n) is 10.3. The van der Waals surface area contributed by atoms with Gasteiger partial charge in [-0.15, -0.1) is 0 Å². The first kappa shape index (κ1) is 30.7. The van der Waals surface area contributed by atoms with Gasteiger partial charge in [0.2, 0.25) is 5.52 Å². The van der Waals surface area contributed by atoms with Gasteiger partial charge in [0.25, 0.3) is 0 Å². The SMILES string of the molecule is C=C1C(=CC(C=Cc2cc[n+](CCCP(=O)(OCC)OCC)c3ccccc23)=CC)CCCN1Cc1ccccc1. The van der Waals surface area contributed by atoms with E-state index in [1.807, 2.05) is 13.8 Å². The Bertz CT molecular complexity index is 1450.